The smallest absolute Gasteiger partial charge is 0.161 e. The van der Waals surface area contributed by atoms with Gasteiger partial charge in [0, 0.05) is 32.9 Å². The monoisotopic (exact) mass is 690 g/mol. The van der Waals surface area contributed by atoms with Gasteiger partial charge in [0.15, 0.2) is 5.82 Å². The van der Waals surface area contributed by atoms with Gasteiger partial charge >= 0.3 is 0 Å². The van der Waals surface area contributed by atoms with Crippen molar-refractivity contribution in [3.8, 4) is 56.2 Å². The molecule has 11 rings (SSSR count). The van der Waals surface area contributed by atoms with Gasteiger partial charge in [-0.2, -0.15) is 0 Å². The number of hydrogen-bond donors (Lipinski definition) is 0. The van der Waals surface area contributed by atoms with E-state index in [-0.39, 0.29) is 5.41 Å². The van der Waals surface area contributed by atoms with E-state index in [0.717, 1.165) is 55.4 Å². The van der Waals surface area contributed by atoms with Gasteiger partial charge in [-0.1, -0.05) is 153 Å². The fraction of sp³-hybridized carbons (Fsp3) is 0.0588. The molecule has 0 saturated carbocycles. The van der Waals surface area contributed by atoms with E-state index in [0.29, 0.717) is 5.82 Å². The maximum Gasteiger partial charge on any atom is 0.161 e. The van der Waals surface area contributed by atoms with Crippen molar-refractivity contribution in [2.45, 2.75) is 19.3 Å². The van der Waals surface area contributed by atoms with Crippen molar-refractivity contribution >= 4 is 43.5 Å². The number of rotatable bonds is 4. The van der Waals surface area contributed by atoms with E-state index in [4.69, 9.17) is 14.4 Å². The number of para-hydroxylation sites is 2. The van der Waals surface area contributed by atoms with Gasteiger partial charge in [-0.15, -0.1) is 0 Å². The maximum absolute atomic E-state index is 6.49. The Labute approximate surface area is 313 Å². The van der Waals surface area contributed by atoms with Gasteiger partial charge in [-0.25, -0.2) is 9.97 Å². The van der Waals surface area contributed by atoms with Crippen molar-refractivity contribution in [1.82, 2.24) is 9.97 Å². The van der Waals surface area contributed by atoms with Gasteiger partial charge in [0.05, 0.1) is 11.4 Å². The Bertz CT molecular complexity index is 3130. The third kappa shape index (κ3) is 4.55. The lowest BCUT2D eigenvalue weighted by Crippen LogP contribution is -2.15. The number of aromatic nitrogens is 2. The molecule has 2 heterocycles. The normalized spacial score (nSPS) is 13.1. The van der Waals surface area contributed by atoms with E-state index >= 15 is 0 Å². The number of benzene rings is 8. The highest BCUT2D eigenvalue weighted by molar-refractivity contribution is 6.10. The second-order valence-electron chi connectivity index (χ2n) is 14.9. The Morgan fingerprint density at radius 3 is 1.93 bits per heavy atom. The molecule has 0 fully saturated rings. The fourth-order valence-corrected chi connectivity index (χ4v) is 8.92. The molecule has 0 unspecified atom stereocenters. The molecule has 3 heteroatoms. The lowest BCUT2D eigenvalue weighted by molar-refractivity contribution is 0.666. The molecule has 254 valence electrons. The molecule has 3 nitrogen and oxygen atoms in total. The van der Waals surface area contributed by atoms with Crippen LogP contribution in [0.1, 0.15) is 25.0 Å². The summed E-state index contributed by atoms with van der Waals surface area (Å²) in [6.45, 7) is 4.74. The molecule has 0 aliphatic heterocycles. The zero-order chi connectivity index (χ0) is 36.0. The summed E-state index contributed by atoms with van der Waals surface area (Å²) in [4.78, 5) is 10.6. The molecule has 1 aliphatic carbocycles. The summed E-state index contributed by atoms with van der Waals surface area (Å²) >= 11 is 0. The van der Waals surface area contributed by atoms with Crippen LogP contribution in [0.2, 0.25) is 0 Å². The third-order valence-corrected chi connectivity index (χ3v) is 11.5. The van der Waals surface area contributed by atoms with E-state index in [9.17, 15) is 0 Å². The third-order valence-electron chi connectivity index (χ3n) is 11.5. The maximum atomic E-state index is 6.49. The van der Waals surface area contributed by atoms with Crippen molar-refractivity contribution < 1.29 is 4.42 Å². The molecule has 54 heavy (non-hydrogen) atoms. The van der Waals surface area contributed by atoms with Crippen LogP contribution in [0.3, 0.4) is 0 Å². The van der Waals surface area contributed by atoms with Crippen molar-refractivity contribution in [2.75, 3.05) is 0 Å². The summed E-state index contributed by atoms with van der Waals surface area (Å²) < 4.78 is 6.49. The second-order valence-corrected chi connectivity index (χ2v) is 14.9. The molecule has 0 bridgehead atoms. The van der Waals surface area contributed by atoms with E-state index in [1.807, 2.05) is 18.2 Å². The number of furan rings is 1. The molecular formula is C51H34N2O. The van der Waals surface area contributed by atoms with Crippen LogP contribution in [0.15, 0.2) is 174 Å². The first kappa shape index (κ1) is 30.8. The van der Waals surface area contributed by atoms with Crippen LogP contribution < -0.4 is 0 Å². The molecule has 10 aromatic rings. The first-order valence-electron chi connectivity index (χ1n) is 18.6. The van der Waals surface area contributed by atoms with Crippen LogP contribution in [-0.2, 0) is 5.41 Å². The minimum Gasteiger partial charge on any atom is -0.455 e. The molecule has 2 aromatic heterocycles. The molecule has 0 atom stereocenters. The molecular weight excluding hydrogens is 657 g/mol. The molecule has 0 spiro atoms. The SMILES string of the molecule is CC1(C)c2cc(-c3ccc(-c4nc(-c5ccccc5)cc(-c5cccc6c5oc5ccccc56)n4)c4ccccc34)ccc2-c2ccc3ccccc3c21. The lowest BCUT2D eigenvalue weighted by Gasteiger charge is -2.24. The lowest BCUT2D eigenvalue weighted by atomic mass is 9.79. The van der Waals surface area contributed by atoms with E-state index in [2.05, 4.69) is 166 Å². The molecule has 0 N–H and O–H groups in total. The van der Waals surface area contributed by atoms with Gasteiger partial charge in [0.25, 0.3) is 0 Å². The van der Waals surface area contributed by atoms with E-state index in [1.54, 1.807) is 0 Å². The Morgan fingerprint density at radius 2 is 1.07 bits per heavy atom. The summed E-state index contributed by atoms with van der Waals surface area (Å²) in [6.07, 6.45) is 0. The number of nitrogens with zero attached hydrogens (tertiary/aromatic N) is 2. The summed E-state index contributed by atoms with van der Waals surface area (Å²) in [5.74, 6) is 0.680. The highest BCUT2D eigenvalue weighted by Gasteiger charge is 2.37. The van der Waals surface area contributed by atoms with Crippen LogP contribution in [0.4, 0.5) is 0 Å². The summed E-state index contributed by atoms with van der Waals surface area (Å²) in [7, 11) is 0. The zero-order valence-electron chi connectivity index (χ0n) is 30.0. The van der Waals surface area contributed by atoms with Gasteiger partial charge in [-0.3, -0.25) is 0 Å². The van der Waals surface area contributed by atoms with E-state index in [1.165, 1.54) is 49.5 Å². The summed E-state index contributed by atoms with van der Waals surface area (Å²) in [5.41, 5.74) is 14.1. The van der Waals surface area contributed by atoms with Crippen LogP contribution >= 0.6 is 0 Å². The average Bonchev–Trinajstić information content (AvgIpc) is 3.72. The van der Waals surface area contributed by atoms with Crippen molar-refractivity contribution in [2.24, 2.45) is 0 Å². The second kappa shape index (κ2) is 11.6. The van der Waals surface area contributed by atoms with Crippen LogP contribution in [0.5, 0.6) is 0 Å². The number of fused-ring (bicyclic) bond motifs is 9. The van der Waals surface area contributed by atoms with Crippen molar-refractivity contribution in [3.63, 3.8) is 0 Å². The molecule has 8 aromatic carbocycles. The van der Waals surface area contributed by atoms with Crippen LogP contribution in [-0.4, -0.2) is 9.97 Å². The quantitative estimate of drug-likeness (QED) is 0.184. The minimum atomic E-state index is -0.137. The molecule has 0 saturated heterocycles. The number of hydrogen-bond acceptors (Lipinski definition) is 3. The minimum absolute atomic E-state index is 0.137. The Balaban J connectivity index is 1.09. The van der Waals surface area contributed by atoms with Crippen LogP contribution in [0, 0.1) is 0 Å². The first-order chi connectivity index (χ1) is 26.5. The van der Waals surface area contributed by atoms with Crippen molar-refractivity contribution in [3.05, 3.63) is 181 Å². The highest BCUT2D eigenvalue weighted by Crippen LogP contribution is 2.52. The van der Waals surface area contributed by atoms with E-state index < -0.39 is 0 Å². The largest absolute Gasteiger partial charge is 0.455 e. The summed E-state index contributed by atoms with van der Waals surface area (Å²) in [5, 5.41) is 7.08. The Morgan fingerprint density at radius 1 is 0.426 bits per heavy atom. The zero-order valence-corrected chi connectivity index (χ0v) is 30.0. The van der Waals surface area contributed by atoms with Crippen molar-refractivity contribution in [1.29, 1.82) is 0 Å². The van der Waals surface area contributed by atoms with Gasteiger partial charge < -0.3 is 4.42 Å². The molecule has 1 aliphatic rings. The Hall–Kier alpha value is -6.84. The standard InChI is InChI=1S/C51H34N2O/c1-51(2)44-29-33(24-25-38(44)40-26-23-31-13-6-7-16-35(31)48(40)51)34-27-28-42(37-18-9-8-17-36(34)37)50-52-45(32-14-4-3-5-15-32)30-46(53-50)43-21-12-20-41-39-19-10-11-22-47(39)54-49(41)43/h3-30H,1-2H3. The van der Waals surface area contributed by atoms with Gasteiger partial charge in [0.1, 0.15) is 11.2 Å². The first-order valence-corrected chi connectivity index (χ1v) is 18.6. The van der Waals surface area contributed by atoms with Crippen LogP contribution in [0.25, 0.3) is 99.6 Å². The predicted octanol–water partition coefficient (Wildman–Crippen LogP) is 13.7. The highest BCUT2D eigenvalue weighted by atomic mass is 16.3. The van der Waals surface area contributed by atoms with Gasteiger partial charge in [0.2, 0.25) is 0 Å². The summed E-state index contributed by atoms with van der Waals surface area (Å²) in [6, 6.07) is 60.5. The predicted molar refractivity (Wildman–Crippen MR) is 224 cm³/mol. The van der Waals surface area contributed by atoms with Gasteiger partial charge in [-0.05, 0) is 85.3 Å². The molecule has 0 amide bonds. The Kier molecular flexibility index (Phi) is 6.60. The topological polar surface area (TPSA) is 38.9 Å². The fourth-order valence-electron chi connectivity index (χ4n) is 8.92. The molecule has 0 radical (unpaired) electrons. The average molecular weight is 691 g/mol.